The Labute approximate surface area is 274 Å². The van der Waals surface area contributed by atoms with Crippen molar-refractivity contribution in [2.24, 2.45) is 5.41 Å². The fourth-order valence-corrected chi connectivity index (χ4v) is 7.58. The fraction of sp³-hybridized carbons (Fsp3) is 0.371. The highest BCUT2D eigenvalue weighted by Gasteiger charge is 2.64. The summed E-state index contributed by atoms with van der Waals surface area (Å²) in [6, 6.07) is 9.26. The van der Waals surface area contributed by atoms with Crippen LogP contribution in [0.1, 0.15) is 72.6 Å². The number of rotatable bonds is 7. The predicted octanol–water partition coefficient (Wildman–Crippen LogP) is 6.22. The Bertz CT molecular complexity index is 2130. The highest BCUT2D eigenvalue weighted by Crippen LogP contribution is 2.59. The standard InChI is InChI=1S/C35H34BrN7O3/c1-18-5-8-29(36)38-33(18)39-34(46)27-12-35(4)13-28(35)43(27)31(45)17-41-16-25(20(3)44)24-10-22(9-19(2)32(24)41)23-14-37-30-11-26(21-6-7-21)40-42(30)15-23/h5,8-11,14-16,21,27-28H,6-7,12-13,17H2,1-4H3,(H,38,39,46)/t27-,28?,35-/m0/s1. The molecule has 1 N–H and O–H groups in total. The van der Waals surface area contributed by atoms with Gasteiger partial charge < -0.3 is 14.8 Å². The number of aryl methyl sites for hydroxylation is 2. The summed E-state index contributed by atoms with van der Waals surface area (Å²) in [6.45, 7) is 7.60. The van der Waals surface area contributed by atoms with Gasteiger partial charge in [-0.1, -0.05) is 13.0 Å². The van der Waals surface area contributed by atoms with Crippen molar-refractivity contribution in [2.45, 2.75) is 77.9 Å². The second-order valence-corrected chi connectivity index (χ2v) is 14.4. The summed E-state index contributed by atoms with van der Waals surface area (Å²) in [7, 11) is 0. The molecule has 2 saturated carbocycles. The Balaban J connectivity index is 1.11. The second-order valence-electron chi connectivity index (χ2n) is 13.6. The predicted molar refractivity (Wildman–Crippen MR) is 178 cm³/mol. The van der Waals surface area contributed by atoms with Crippen LogP contribution < -0.4 is 5.32 Å². The van der Waals surface area contributed by atoms with Crippen molar-refractivity contribution in [2.75, 3.05) is 5.32 Å². The number of carbonyl (C=O) groups is 3. The summed E-state index contributed by atoms with van der Waals surface area (Å²) in [5.41, 5.74) is 6.83. The molecule has 0 bridgehead atoms. The van der Waals surface area contributed by atoms with Crippen molar-refractivity contribution in [1.82, 2.24) is 29.0 Å². The average molecular weight is 681 g/mol. The Kier molecular flexibility index (Phi) is 6.51. The van der Waals surface area contributed by atoms with Gasteiger partial charge in [-0.05, 0) is 103 Å². The Morgan fingerprint density at radius 1 is 1.04 bits per heavy atom. The van der Waals surface area contributed by atoms with E-state index in [0.29, 0.717) is 28.3 Å². The number of hydrogen-bond donors (Lipinski definition) is 1. The Hall–Kier alpha value is -4.38. The molecule has 2 aliphatic carbocycles. The van der Waals surface area contributed by atoms with Gasteiger partial charge in [0, 0.05) is 53.1 Å². The molecule has 4 aromatic heterocycles. The van der Waals surface area contributed by atoms with Crippen LogP contribution in [-0.2, 0) is 16.1 Å². The number of halogens is 1. The van der Waals surface area contributed by atoms with Gasteiger partial charge in [0.2, 0.25) is 11.8 Å². The molecule has 5 aromatic rings. The molecule has 3 atom stereocenters. The molecule has 1 aliphatic heterocycles. The zero-order valence-corrected chi connectivity index (χ0v) is 27.8. The quantitative estimate of drug-likeness (QED) is 0.161. The van der Waals surface area contributed by atoms with Crippen molar-refractivity contribution >= 4 is 55.9 Å². The number of hydrogen-bond acceptors (Lipinski definition) is 6. The molecule has 0 radical (unpaired) electrons. The van der Waals surface area contributed by atoms with Crippen LogP contribution in [0, 0.1) is 19.3 Å². The number of Topliss-reactive ketones (excluding diaryl/α,β-unsaturated/α-hetero) is 1. The molecule has 3 fully saturated rings. The van der Waals surface area contributed by atoms with E-state index in [9.17, 15) is 14.4 Å². The van der Waals surface area contributed by atoms with E-state index in [1.807, 2.05) is 53.5 Å². The molecular weight excluding hydrogens is 646 g/mol. The summed E-state index contributed by atoms with van der Waals surface area (Å²) in [5, 5.41) is 8.50. The molecule has 5 heterocycles. The van der Waals surface area contributed by atoms with Crippen molar-refractivity contribution in [3.63, 3.8) is 0 Å². The molecule has 8 rings (SSSR count). The Morgan fingerprint density at radius 3 is 2.61 bits per heavy atom. The summed E-state index contributed by atoms with van der Waals surface area (Å²) in [5.74, 6) is 0.575. The van der Waals surface area contributed by atoms with Crippen LogP contribution in [0.2, 0.25) is 0 Å². The number of fused-ring (bicyclic) bond motifs is 3. The number of ketones is 1. The van der Waals surface area contributed by atoms with Crippen molar-refractivity contribution < 1.29 is 14.4 Å². The van der Waals surface area contributed by atoms with E-state index < -0.39 is 6.04 Å². The first-order valence-corrected chi connectivity index (χ1v) is 16.5. The molecule has 2 amide bonds. The normalized spacial score (nSPS) is 22.0. The average Bonchev–Trinajstić information content (AvgIpc) is 3.85. The lowest BCUT2D eigenvalue weighted by atomic mass is 10.0. The first-order valence-electron chi connectivity index (χ1n) is 15.7. The van der Waals surface area contributed by atoms with Crippen LogP contribution in [0.25, 0.3) is 27.7 Å². The Morgan fingerprint density at radius 2 is 1.85 bits per heavy atom. The van der Waals surface area contributed by atoms with Crippen LogP contribution in [0.5, 0.6) is 0 Å². The maximum absolute atomic E-state index is 14.1. The molecule has 0 spiro atoms. The van der Waals surface area contributed by atoms with E-state index >= 15 is 0 Å². The number of amides is 2. The van der Waals surface area contributed by atoms with Gasteiger partial charge in [-0.25, -0.2) is 14.5 Å². The first-order chi connectivity index (χ1) is 22.0. The molecule has 46 heavy (non-hydrogen) atoms. The molecule has 1 aromatic carbocycles. The first kappa shape index (κ1) is 29.1. The molecule has 1 unspecified atom stereocenters. The van der Waals surface area contributed by atoms with Crippen molar-refractivity contribution in [3.05, 3.63) is 75.9 Å². The summed E-state index contributed by atoms with van der Waals surface area (Å²) < 4.78 is 4.33. The number of nitrogens with one attached hydrogen (secondary N) is 1. The number of anilines is 1. The zero-order valence-electron chi connectivity index (χ0n) is 26.2. The molecule has 11 heteroatoms. The van der Waals surface area contributed by atoms with Gasteiger partial charge in [0.1, 0.15) is 23.0 Å². The van der Waals surface area contributed by atoms with Crippen LogP contribution >= 0.6 is 15.9 Å². The molecule has 3 aliphatic rings. The molecule has 10 nitrogen and oxygen atoms in total. The van der Waals surface area contributed by atoms with Crippen LogP contribution in [0.4, 0.5) is 5.82 Å². The largest absolute Gasteiger partial charge is 0.337 e. The maximum atomic E-state index is 14.1. The van der Waals surface area contributed by atoms with Gasteiger partial charge in [0.15, 0.2) is 11.4 Å². The zero-order chi connectivity index (χ0) is 32.1. The summed E-state index contributed by atoms with van der Waals surface area (Å²) >= 11 is 3.38. The number of piperidine rings is 1. The number of nitrogens with zero attached hydrogens (tertiary/aromatic N) is 6. The van der Waals surface area contributed by atoms with Crippen molar-refractivity contribution in [1.29, 1.82) is 0 Å². The molecule has 234 valence electrons. The summed E-state index contributed by atoms with van der Waals surface area (Å²) in [4.78, 5) is 51.4. The number of likely N-dealkylation sites (tertiary alicyclic amines) is 1. The topological polar surface area (TPSA) is 114 Å². The number of aromatic nitrogens is 5. The van der Waals surface area contributed by atoms with Crippen LogP contribution in [0.3, 0.4) is 0 Å². The van der Waals surface area contributed by atoms with E-state index in [1.54, 1.807) is 18.0 Å². The lowest BCUT2D eigenvalue weighted by Crippen LogP contribution is -2.46. The van der Waals surface area contributed by atoms with Gasteiger partial charge >= 0.3 is 0 Å². The SMILES string of the molecule is CC(=O)c1cn(CC(=O)N2C3C[C@]3(C)C[C@H]2C(=O)Nc2nc(Br)ccc2C)c2c(C)cc(-c3cnc4cc(C5CC5)nn4c3)cc12. The number of pyridine rings is 1. The third kappa shape index (κ3) is 4.83. The monoisotopic (exact) mass is 679 g/mol. The number of benzene rings is 1. The van der Waals surface area contributed by atoms with Crippen molar-refractivity contribution in [3.8, 4) is 11.1 Å². The third-order valence-corrected chi connectivity index (χ3v) is 10.5. The lowest BCUT2D eigenvalue weighted by molar-refractivity contribution is -0.138. The smallest absolute Gasteiger partial charge is 0.248 e. The highest BCUT2D eigenvalue weighted by molar-refractivity contribution is 9.10. The van der Waals surface area contributed by atoms with E-state index in [4.69, 9.17) is 5.10 Å². The highest BCUT2D eigenvalue weighted by atomic mass is 79.9. The molecule has 1 saturated heterocycles. The van der Waals surface area contributed by atoms with E-state index in [1.165, 1.54) is 12.8 Å². The van der Waals surface area contributed by atoms with E-state index in [0.717, 1.165) is 50.9 Å². The van der Waals surface area contributed by atoms with E-state index in [-0.39, 0.29) is 35.6 Å². The second kappa shape index (κ2) is 10.3. The van der Waals surface area contributed by atoms with Gasteiger partial charge in [0.25, 0.3) is 0 Å². The lowest BCUT2D eigenvalue weighted by Gasteiger charge is -2.27. The van der Waals surface area contributed by atoms with Gasteiger partial charge in [0.05, 0.1) is 11.2 Å². The minimum atomic E-state index is -0.594. The third-order valence-electron chi connectivity index (χ3n) is 10.0. The fourth-order valence-electron chi connectivity index (χ4n) is 7.27. The molecular formula is C35H34BrN7O3. The van der Waals surface area contributed by atoms with Crippen LogP contribution in [-0.4, -0.2) is 58.7 Å². The van der Waals surface area contributed by atoms with E-state index in [2.05, 4.69) is 50.3 Å². The summed E-state index contributed by atoms with van der Waals surface area (Å²) in [6.07, 6.45) is 9.44. The van der Waals surface area contributed by atoms with Gasteiger partial charge in [-0.3, -0.25) is 14.4 Å². The van der Waals surface area contributed by atoms with Crippen LogP contribution in [0.15, 0.2) is 53.5 Å². The minimum absolute atomic E-state index is 0.0132. The van der Waals surface area contributed by atoms with Gasteiger partial charge in [-0.15, -0.1) is 0 Å². The number of carbonyl (C=O) groups excluding carboxylic acids is 3. The minimum Gasteiger partial charge on any atom is -0.337 e. The van der Waals surface area contributed by atoms with Gasteiger partial charge in [-0.2, -0.15) is 5.10 Å². The maximum Gasteiger partial charge on any atom is 0.248 e.